The highest BCUT2D eigenvalue weighted by atomic mass is 16.1. The third kappa shape index (κ3) is 2.99. The molecule has 0 aromatic heterocycles. The summed E-state index contributed by atoms with van der Waals surface area (Å²) in [7, 11) is 0. The van der Waals surface area contributed by atoms with E-state index in [1.165, 1.54) is 0 Å². The normalized spacial score (nSPS) is 10.4. The summed E-state index contributed by atoms with van der Waals surface area (Å²) in [6.07, 6.45) is 0. The number of anilines is 2. The Morgan fingerprint density at radius 2 is 1.45 bits per heavy atom. The number of hydrogen-bond donors (Lipinski definition) is 2. The van der Waals surface area contributed by atoms with Crippen LogP contribution in [0.15, 0.2) is 30.3 Å². The number of carbonyl (C=O) groups is 1. The van der Waals surface area contributed by atoms with Crippen LogP contribution in [0.3, 0.4) is 0 Å². The Morgan fingerprint density at radius 1 is 0.900 bits per heavy atom. The molecule has 104 valence electrons. The van der Waals surface area contributed by atoms with Crippen molar-refractivity contribution in [3.05, 3.63) is 58.1 Å². The first-order valence-corrected chi connectivity index (χ1v) is 6.63. The lowest BCUT2D eigenvalue weighted by Gasteiger charge is -2.12. The van der Waals surface area contributed by atoms with Crippen LogP contribution >= 0.6 is 0 Å². The average Bonchev–Trinajstić information content (AvgIpc) is 2.34. The van der Waals surface area contributed by atoms with Crippen molar-refractivity contribution >= 4 is 17.3 Å². The Hall–Kier alpha value is -2.29. The Morgan fingerprint density at radius 3 is 2.05 bits per heavy atom. The minimum Gasteiger partial charge on any atom is -0.397 e. The molecule has 0 aliphatic carbocycles. The van der Waals surface area contributed by atoms with E-state index < -0.39 is 0 Å². The SMILES string of the molecule is Cc1cc(C)cc(C(=O)Nc2cc(C)c(C)cc2N)c1. The van der Waals surface area contributed by atoms with E-state index in [0.717, 1.165) is 22.3 Å². The molecular formula is C17H20N2O. The van der Waals surface area contributed by atoms with Crippen LogP contribution in [0.5, 0.6) is 0 Å². The molecule has 2 rings (SSSR count). The van der Waals surface area contributed by atoms with Gasteiger partial charge in [0.05, 0.1) is 11.4 Å². The number of carbonyl (C=O) groups excluding carboxylic acids is 1. The summed E-state index contributed by atoms with van der Waals surface area (Å²) in [6, 6.07) is 9.58. The summed E-state index contributed by atoms with van der Waals surface area (Å²) in [4.78, 5) is 12.3. The van der Waals surface area contributed by atoms with Crippen molar-refractivity contribution in [2.24, 2.45) is 0 Å². The highest BCUT2D eigenvalue weighted by Gasteiger charge is 2.10. The standard InChI is InChI=1S/C17H20N2O/c1-10-5-11(2)7-14(6-10)17(20)19-16-9-13(4)12(3)8-15(16)18/h5-9H,18H2,1-4H3,(H,19,20). The minimum atomic E-state index is -0.133. The number of rotatable bonds is 2. The van der Waals surface area contributed by atoms with Gasteiger partial charge in [-0.25, -0.2) is 0 Å². The zero-order chi connectivity index (χ0) is 14.9. The number of nitrogen functional groups attached to an aromatic ring is 1. The number of benzene rings is 2. The van der Waals surface area contributed by atoms with Gasteiger partial charge >= 0.3 is 0 Å². The zero-order valence-electron chi connectivity index (χ0n) is 12.4. The lowest BCUT2D eigenvalue weighted by molar-refractivity contribution is 0.102. The van der Waals surface area contributed by atoms with Crippen LogP contribution < -0.4 is 11.1 Å². The Bertz CT molecular complexity index is 655. The Balaban J connectivity index is 2.30. The van der Waals surface area contributed by atoms with Crippen LogP contribution in [0.4, 0.5) is 11.4 Å². The topological polar surface area (TPSA) is 55.1 Å². The van der Waals surface area contributed by atoms with E-state index in [4.69, 9.17) is 5.73 Å². The number of aryl methyl sites for hydroxylation is 4. The maximum atomic E-state index is 12.3. The third-order valence-electron chi connectivity index (χ3n) is 3.40. The molecule has 0 radical (unpaired) electrons. The molecule has 0 fully saturated rings. The van der Waals surface area contributed by atoms with Gasteiger partial charge in [-0.1, -0.05) is 17.2 Å². The molecule has 20 heavy (non-hydrogen) atoms. The molecule has 0 heterocycles. The molecule has 0 unspecified atom stereocenters. The predicted octanol–water partition coefficient (Wildman–Crippen LogP) is 3.75. The van der Waals surface area contributed by atoms with Gasteiger partial charge in [-0.05, 0) is 63.1 Å². The second-order valence-electron chi connectivity index (χ2n) is 5.35. The first kappa shape index (κ1) is 14.1. The molecule has 3 heteroatoms. The maximum absolute atomic E-state index is 12.3. The minimum absolute atomic E-state index is 0.133. The van der Waals surface area contributed by atoms with E-state index in [0.29, 0.717) is 16.9 Å². The molecule has 0 aliphatic heterocycles. The summed E-state index contributed by atoms with van der Waals surface area (Å²) in [6.45, 7) is 7.96. The summed E-state index contributed by atoms with van der Waals surface area (Å²) in [5.74, 6) is -0.133. The molecule has 1 amide bonds. The average molecular weight is 268 g/mol. The van der Waals surface area contributed by atoms with Crippen molar-refractivity contribution in [2.45, 2.75) is 27.7 Å². The van der Waals surface area contributed by atoms with Crippen molar-refractivity contribution in [3.8, 4) is 0 Å². The number of amides is 1. The first-order chi connectivity index (χ1) is 9.36. The maximum Gasteiger partial charge on any atom is 0.255 e. The van der Waals surface area contributed by atoms with E-state index >= 15 is 0 Å². The molecule has 2 aromatic rings. The first-order valence-electron chi connectivity index (χ1n) is 6.63. The van der Waals surface area contributed by atoms with E-state index in [-0.39, 0.29) is 5.91 Å². The summed E-state index contributed by atoms with van der Waals surface area (Å²) >= 11 is 0. The summed E-state index contributed by atoms with van der Waals surface area (Å²) in [5.41, 5.74) is 12.2. The van der Waals surface area contributed by atoms with Crippen molar-refractivity contribution in [1.82, 2.24) is 0 Å². The molecule has 0 aliphatic rings. The molecule has 3 N–H and O–H groups in total. The predicted molar refractivity (Wildman–Crippen MR) is 84.2 cm³/mol. The smallest absolute Gasteiger partial charge is 0.255 e. The van der Waals surface area contributed by atoms with Crippen molar-refractivity contribution in [1.29, 1.82) is 0 Å². The number of hydrogen-bond acceptors (Lipinski definition) is 2. The highest BCUT2D eigenvalue weighted by molar-refractivity contribution is 6.06. The third-order valence-corrected chi connectivity index (χ3v) is 3.40. The van der Waals surface area contributed by atoms with Crippen LogP contribution in [0.25, 0.3) is 0 Å². The zero-order valence-corrected chi connectivity index (χ0v) is 12.4. The van der Waals surface area contributed by atoms with Gasteiger partial charge in [0.2, 0.25) is 0 Å². The van der Waals surface area contributed by atoms with Crippen LogP contribution in [0, 0.1) is 27.7 Å². The van der Waals surface area contributed by atoms with Crippen molar-refractivity contribution < 1.29 is 4.79 Å². The summed E-state index contributed by atoms with van der Waals surface area (Å²) < 4.78 is 0. The van der Waals surface area contributed by atoms with E-state index in [9.17, 15) is 4.79 Å². The number of nitrogens with one attached hydrogen (secondary N) is 1. The van der Waals surface area contributed by atoms with Crippen molar-refractivity contribution in [2.75, 3.05) is 11.1 Å². The van der Waals surface area contributed by atoms with Gasteiger partial charge in [0.1, 0.15) is 0 Å². The van der Waals surface area contributed by atoms with Gasteiger partial charge < -0.3 is 11.1 Å². The lowest BCUT2D eigenvalue weighted by Crippen LogP contribution is -2.14. The van der Waals surface area contributed by atoms with Crippen LogP contribution in [0.2, 0.25) is 0 Å². The second kappa shape index (κ2) is 5.37. The van der Waals surface area contributed by atoms with E-state index in [2.05, 4.69) is 5.32 Å². The molecule has 0 bridgehead atoms. The molecular weight excluding hydrogens is 248 g/mol. The fourth-order valence-corrected chi connectivity index (χ4v) is 2.25. The fourth-order valence-electron chi connectivity index (χ4n) is 2.25. The van der Waals surface area contributed by atoms with Crippen LogP contribution in [0.1, 0.15) is 32.6 Å². The molecule has 2 aromatic carbocycles. The molecule has 0 atom stereocenters. The fraction of sp³-hybridized carbons (Fsp3) is 0.235. The Labute approximate surface area is 119 Å². The lowest BCUT2D eigenvalue weighted by atomic mass is 10.1. The van der Waals surface area contributed by atoms with Gasteiger partial charge in [0.25, 0.3) is 5.91 Å². The van der Waals surface area contributed by atoms with Gasteiger partial charge in [-0.3, -0.25) is 4.79 Å². The number of nitrogens with two attached hydrogens (primary N) is 1. The van der Waals surface area contributed by atoms with Crippen LogP contribution in [-0.2, 0) is 0 Å². The quantitative estimate of drug-likeness (QED) is 0.815. The highest BCUT2D eigenvalue weighted by Crippen LogP contribution is 2.23. The largest absolute Gasteiger partial charge is 0.397 e. The molecule has 3 nitrogen and oxygen atoms in total. The van der Waals surface area contributed by atoms with Gasteiger partial charge in [-0.2, -0.15) is 0 Å². The van der Waals surface area contributed by atoms with E-state index in [1.807, 2.05) is 58.0 Å². The van der Waals surface area contributed by atoms with Gasteiger partial charge in [0.15, 0.2) is 0 Å². The molecule has 0 saturated heterocycles. The summed E-state index contributed by atoms with van der Waals surface area (Å²) in [5, 5.41) is 2.89. The molecule has 0 spiro atoms. The monoisotopic (exact) mass is 268 g/mol. The second-order valence-corrected chi connectivity index (χ2v) is 5.35. The van der Waals surface area contributed by atoms with Crippen molar-refractivity contribution in [3.63, 3.8) is 0 Å². The molecule has 0 saturated carbocycles. The van der Waals surface area contributed by atoms with E-state index in [1.54, 1.807) is 0 Å². The van der Waals surface area contributed by atoms with Gasteiger partial charge in [0, 0.05) is 5.56 Å². The van der Waals surface area contributed by atoms with Gasteiger partial charge in [-0.15, -0.1) is 0 Å². The van der Waals surface area contributed by atoms with Crippen LogP contribution in [-0.4, -0.2) is 5.91 Å². The Kier molecular flexibility index (Phi) is 3.79.